The Morgan fingerprint density at radius 1 is 1.33 bits per heavy atom. The summed E-state index contributed by atoms with van der Waals surface area (Å²) in [6, 6.07) is 6.65. The van der Waals surface area contributed by atoms with Crippen molar-refractivity contribution in [3.8, 4) is 0 Å². The van der Waals surface area contributed by atoms with Gasteiger partial charge in [0.1, 0.15) is 6.04 Å². The van der Waals surface area contributed by atoms with Gasteiger partial charge in [-0.3, -0.25) is 19.2 Å². The summed E-state index contributed by atoms with van der Waals surface area (Å²) in [6.45, 7) is 0. The molecule has 1 aliphatic heterocycles. The number of aromatic nitrogens is 2. The molecule has 0 bridgehead atoms. The van der Waals surface area contributed by atoms with Gasteiger partial charge < -0.3 is 5.32 Å². The van der Waals surface area contributed by atoms with Crippen molar-refractivity contribution in [2.75, 3.05) is 10.2 Å². The SMILES string of the molecule is Cn1ccc(NC(=O)C(CC2CCCC2)N2C(=O)Cc3cc(Cl)ccc32)n1. The molecule has 0 spiro atoms. The molecule has 2 aromatic rings. The number of carbonyl (C=O) groups is 2. The lowest BCUT2D eigenvalue weighted by Crippen LogP contribution is -2.47. The number of amides is 2. The summed E-state index contributed by atoms with van der Waals surface area (Å²) in [7, 11) is 1.80. The van der Waals surface area contributed by atoms with Gasteiger partial charge in [0.05, 0.1) is 6.42 Å². The summed E-state index contributed by atoms with van der Waals surface area (Å²) >= 11 is 6.09. The highest BCUT2D eigenvalue weighted by Crippen LogP contribution is 2.37. The van der Waals surface area contributed by atoms with E-state index in [1.807, 2.05) is 12.1 Å². The molecule has 1 aromatic heterocycles. The van der Waals surface area contributed by atoms with Gasteiger partial charge in [-0.05, 0) is 36.1 Å². The van der Waals surface area contributed by atoms with E-state index < -0.39 is 6.04 Å². The third kappa shape index (κ3) is 3.72. The number of fused-ring (bicyclic) bond motifs is 1. The topological polar surface area (TPSA) is 67.2 Å². The molecule has 0 radical (unpaired) electrons. The monoisotopic (exact) mass is 386 g/mol. The zero-order valence-corrected chi connectivity index (χ0v) is 16.1. The maximum Gasteiger partial charge on any atom is 0.248 e. The first-order chi connectivity index (χ1) is 13.0. The molecule has 4 rings (SSSR count). The number of hydrogen-bond donors (Lipinski definition) is 1. The van der Waals surface area contributed by atoms with E-state index in [4.69, 9.17) is 11.6 Å². The Kier molecular flexibility index (Phi) is 4.91. The van der Waals surface area contributed by atoms with Crippen LogP contribution in [0.25, 0.3) is 0 Å². The number of aryl methyl sites for hydroxylation is 1. The first-order valence-corrected chi connectivity index (χ1v) is 9.80. The molecule has 2 amide bonds. The van der Waals surface area contributed by atoms with Crippen LogP contribution in [0, 0.1) is 5.92 Å². The molecule has 1 fully saturated rings. The fourth-order valence-electron chi connectivity index (χ4n) is 4.24. The zero-order valence-electron chi connectivity index (χ0n) is 15.3. The van der Waals surface area contributed by atoms with Crippen LogP contribution in [0.4, 0.5) is 11.5 Å². The van der Waals surface area contributed by atoms with Gasteiger partial charge in [0.2, 0.25) is 11.8 Å². The van der Waals surface area contributed by atoms with Crippen molar-refractivity contribution >= 4 is 34.9 Å². The molecular formula is C20H23ClN4O2. The highest BCUT2D eigenvalue weighted by molar-refractivity contribution is 6.31. The fraction of sp³-hybridized carbons (Fsp3) is 0.450. The normalized spacial score (nSPS) is 18.0. The van der Waals surface area contributed by atoms with Crippen LogP contribution < -0.4 is 10.2 Å². The van der Waals surface area contributed by atoms with Crippen LogP contribution in [0.2, 0.25) is 5.02 Å². The van der Waals surface area contributed by atoms with E-state index >= 15 is 0 Å². The Hall–Kier alpha value is -2.34. The molecule has 1 atom stereocenters. The number of hydrogen-bond acceptors (Lipinski definition) is 3. The van der Waals surface area contributed by atoms with Gasteiger partial charge in [0, 0.05) is 30.0 Å². The summed E-state index contributed by atoms with van der Waals surface area (Å²) in [5.74, 6) is 0.735. The molecule has 1 aliphatic carbocycles. The quantitative estimate of drug-likeness (QED) is 0.854. The summed E-state index contributed by atoms with van der Waals surface area (Å²) in [5, 5.41) is 7.72. The van der Waals surface area contributed by atoms with Crippen LogP contribution in [0.15, 0.2) is 30.5 Å². The molecule has 1 saturated carbocycles. The summed E-state index contributed by atoms with van der Waals surface area (Å²) in [4.78, 5) is 27.6. The van der Waals surface area contributed by atoms with E-state index in [2.05, 4.69) is 10.4 Å². The largest absolute Gasteiger partial charge is 0.307 e. The number of halogens is 1. The Labute approximate surface area is 163 Å². The second-order valence-corrected chi connectivity index (χ2v) is 7.92. The van der Waals surface area contributed by atoms with E-state index in [1.54, 1.807) is 35.0 Å². The van der Waals surface area contributed by atoms with Crippen LogP contribution in [0.3, 0.4) is 0 Å². The Morgan fingerprint density at radius 3 is 2.81 bits per heavy atom. The van der Waals surface area contributed by atoms with Crippen molar-refractivity contribution in [3.63, 3.8) is 0 Å². The van der Waals surface area contributed by atoms with E-state index in [1.165, 1.54) is 12.8 Å². The third-order valence-electron chi connectivity index (χ3n) is 5.52. The first kappa shape index (κ1) is 18.0. The van der Waals surface area contributed by atoms with E-state index in [-0.39, 0.29) is 18.2 Å². The fourth-order valence-corrected chi connectivity index (χ4v) is 4.43. The lowest BCUT2D eigenvalue weighted by atomic mass is 9.96. The third-order valence-corrected chi connectivity index (χ3v) is 5.76. The maximum atomic E-state index is 13.1. The van der Waals surface area contributed by atoms with Gasteiger partial charge in [0.25, 0.3) is 0 Å². The van der Waals surface area contributed by atoms with E-state index in [9.17, 15) is 9.59 Å². The van der Waals surface area contributed by atoms with Gasteiger partial charge in [0.15, 0.2) is 5.82 Å². The Bertz CT molecular complexity index is 873. The van der Waals surface area contributed by atoms with Crippen molar-refractivity contribution in [3.05, 3.63) is 41.0 Å². The minimum Gasteiger partial charge on any atom is -0.307 e. The zero-order chi connectivity index (χ0) is 19.0. The standard InChI is InChI=1S/C20H23ClN4O2/c1-24-9-8-18(23-24)22-20(27)17(10-13-4-2-3-5-13)25-16-7-6-15(21)11-14(16)12-19(25)26/h6-9,11,13,17H,2-5,10,12H2,1H3,(H,22,23,27). The van der Waals surface area contributed by atoms with Crippen LogP contribution in [-0.4, -0.2) is 27.6 Å². The first-order valence-electron chi connectivity index (χ1n) is 9.42. The molecule has 6 nitrogen and oxygen atoms in total. The highest BCUT2D eigenvalue weighted by atomic mass is 35.5. The van der Waals surface area contributed by atoms with Crippen LogP contribution in [0.5, 0.6) is 0 Å². The van der Waals surface area contributed by atoms with E-state index in [0.29, 0.717) is 23.2 Å². The molecular weight excluding hydrogens is 364 g/mol. The summed E-state index contributed by atoms with van der Waals surface area (Å²) in [5.41, 5.74) is 1.68. The Balaban J connectivity index is 1.63. The number of carbonyl (C=O) groups excluding carboxylic acids is 2. The second kappa shape index (κ2) is 7.35. The Morgan fingerprint density at radius 2 is 2.11 bits per heavy atom. The molecule has 2 aliphatic rings. The van der Waals surface area contributed by atoms with Gasteiger partial charge in [-0.15, -0.1) is 0 Å². The van der Waals surface area contributed by atoms with Crippen LogP contribution >= 0.6 is 11.6 Å². The van der Waals surface area contributed by atoms with Gasteiger partial charge in [-0.2, -0.15) is 5.10 Å². The smallest absolute Gasteiger partial charge is 0.248 e. The maximum absolute atomic E-state index is 13.1. The van der Waals surface area contributed by atoms with Crippen molar-refractivity contribution in [1.82, 2.24) is 9.78 Å². The molecule has 1 N–H and O–H groups in total. The van der Waals surface area contributed by atoms with Crippen LogP contribution in [0.1, 0.15) is 37.7 Å². The number of anilines is 2. The molecule has 2 heterocycles. The summed E-state index contributed by atoms with van der Waals surface area (Å²) in [6.07, 6.45) is 7.35. The van der Waals surface area contributed by atoms with Gasteiger partial charge in [-0.25, -0.2) is 0 Å². The van der Waals surface area contributed by atoms with Crippen molar-refractivity contribution in [1.29, 1.82) is 0 Å². The lowest BCUT2D eigenvalue weighted by Gasteiger charge is -2.29. The average Bonchev–Trinajstić information content (AvgIpc) is 3.33. The minimum atomic E-state index is -0.537. The van der Waals surface area contributed by atoms with E-state index in [0.717, 1.165) is 24.1 Å². The van der Waals surface area contributed by atoms with Crippen molar-refractivity contribution < 1.29 is 9.59 Å². The highest BCUT2D eigenvalue weighted by Gasteiger charge is 2.38. The molecule has 142 valence electrons. The number of benzene rings is 1. The molecule has 1 aromatic carbocycles. The predicted molar refractivity (Wildman–Crippen MR) is 105 cm³/mol. The minimum absolute atomic E-state index is 0.0496. The van der Waals surface area contributed by atoms with Gasteiger partial charge >= 0.3 is 0 Å². The van der Waals surface area contributed by atoms with Crippen molar-refractivity contribution in [2.45, 2.75) is 44.6 Å². The number of nitrogens with one attached hydrogen (secondary N) is 1. The molecule has 7 heteroatoms. The van der Waals surface area contributed by atoms with Crippen LogP contribution in [-0.2, 0) is 23.1 Å². The summed E-state index contributed by atoms with van der Waals surface area (Å²) < 4.78 is 1.64. The molecule has 0 saturated heterocycles. The predicted octanol–water partition coefficient (Wildman–Crippen LogP) is 3.55. The number of rotatable bonds is 5. The second-order valence-electron chi connectivity index (χ2n) is 7.48. The lowest BCUT2D eigenvalue weighted by molar-refractivity contribution is -0.123. The van der Waals surface area contributed by atoms with Gasteiger partial charge in [-0.1, -0.05) is 37.3 Å². The average molecular weight is 387 g/mol. The molecule has 1 unspecified atom stereocenters. The molecule has 27 heavy (non-hydrogen) atoms. The number of nitrogens with zero attached hydrogens (tertiary/aromatic N) is 3. The van der Waals surface area contributed by atoms with Crippen molar-refractivity contribution in [2.24, 2.45) is 13.0 Å².